The normalized spacial score (nSPS) is 11.4. The first-order chi connectivity index (χ1) is 10.5. The summed E-state index contributed by atoms with van der Waals surface area (Å²) in [4.78, 5) is 33.2. The molecule has 0 saturated carbocycles. The largest absolute Gasteiger partial charge is 0.425 e. The van der Waals surface area contributed by atoms with Gasteiger partial charge in [0.05, 0.1) is 11.4 Å². The SMILES string of the molecule is CCC(=O)OC(C)OC(=O)CCNc1ccc(C=O)c(Cl)c1. The fourth-order valence-electron chi connectivity index (χ4n) is 1.58. The molecule has 0 bridgehead atoms. The van der Waals surface area contributed by atoms with Crippen LogP contribution in [0.15, 0.2) is 18.2 Å². The molecule has 1 aromatic rings. The highest BCUT2D eigenvalue weighted by atomic mass is 35.5. The Hall–Kier alpha value is -2.08. The number of halogens is 1. The molecule has 120 valence electrons. The van der Waals surface area contributed by atoms with Gasteiger partial charge in [0, 0.05) is 31.1 Å². The predicted octanol–water partition coefficient (Wildman–Crippen LogP) is 2.80. The summed E-state index contributed by atoms with van der Waals surface area (Å²) in [7, 11) is 0. The van der Waals surface area contributed by atoms with Gasteiger partial charge in [0.25, 0.3) is 0 Å². The Morgan fingerprint density at radius 3 is 2.59 bits per heavy atom. The second-order valence-corrected chi connectivity index (χ2v) is 4.84. The van der Waals surface area contributed by atoms with Gasteiger partial charge < -0.3 is 14.8 Å². The number of carbonyl (C=O) groups excluding carboxylic acids is 3. The average Bonchev–Trinajstić information content (AvgIpc) is 2.47. The Bertz CT molecular complexity index is 547. The molecule has 1 aromatic carbocycles. The zero-order chi connectivity index (χ0) is 16.5. The van der Waals surface area contributed by atoms with E-state index in [0.717, 1.165) is 0 Å². The van der Waals surface area contributed by atoms with Crippen molar-refractivity contribution in [3.63, 3.8) is 0 Å². The number of benzene rings is 1. The fourth-order valence-corrected chi connectivity index (χ4v) is 1.80. The van der Waals surface area contributed by atoms with E-state index in [-0.39, 0.29) is 12.8 Å². The van der Waals surface area contributed by atoms with Crippen LogP contribution in [0.1, 0.15) is 37.0 Å². The predicted molar refractivity (Wildman–Crippen MR) is 81.9 cm³/mol. The van der Waals surface area contributed by atoms with Crippen molar-refractivity contribution >= 4 is 35.5 Å². The molecule has 1 N–H and O–H groups in total. The van der Waals surface area contributed by atoms with E-state index in [1.807, 2.05) is 0 Å². The number of aldehydes is 1. The van der Waals surface area contributed by atoms with E-state index < -0.39 is 18.2 Å². The zero-order valence-corrected chi connectivity index (χ0v) is 13.2. The third-order valence-electron chi connectivity index (χ3n) is 2.67. The molecule has 0 heterocycles. The van der Waals surface area contributed by atoms with Gasteiger partial charge in [-0.15, -0.1) is 0 Å². The Kier molecular flexibility index (Phi) is 7.39. The maximum atomic E-state index is 11.6. The quantitative estimate of drug-likeness (QED) is 0.449. The first-order valence-electron chi connectivity index (χ1n) is 6.83. The molecule has 1 rings (SSSR count). The highest BCUT2D eigenvalue weighted by Crippen LogP contribution is 2.19. The van der Waals surface area contributed by atoms with Crippen LogP contribution >= 0.6 is 11.6 Å². The summed E-state index contributed by atoms with van der Waals surface area (Å²) in [5.41, 5.74) is 1.09. The van der Waals surface area contributed by atoms with Crippen LogP contribution in [0, 0.1) is 0 Å². The van der Waals surface area contributed by atoms with Crippen LogP contribution in [0.3, 0.4) is 0 Å². The lowest BCUT2D eigenvalue weighted by atomic mass is 10.2. The van der Waals surface area contributed by atoms with Crippen LogP contribution in [0.2, 0.25) is 5.02 Å². The summed E-state index contributed by atoms with van der Waals surface area (Å²) in [6, 6.07) is 4.87. The summed E-state index contributed by atoms with van der Waals surface area (Å²) in [5, 5.41) is 3.32. The summed E-state index contributed by atoms with van der Waals surface area (Å²) in [6.45, 7) is 3.46. The van der Waals surface area contributed by atoms with Crippen LogP contribution in [0.4, 0.5) is 5.69 Å². The van der Waals surface area contributed by atoms with E-state index in [1.54, 1.807) is 25.1 Å². The summed E-state index contributed by atoms with van der Waals surface area (Å²) in [6.07, 6.45) is 0.0890. The molecule has 1 unspecified atom stereocenters. The van der Waals surface area contributed by atoms with Gasteiger partial charge in [0.1, 0.15) is 0 Å². The number of hydrogen-bond acceptors (Lipinski definition) is 6. The summed E-state index contributed by atoms with van der Waals surface area (Å²) >= 11 is 5.89. The van der Waals surface area contributed by atoms with Crippen molar-refractivity contribution in [3.05, 3.63) is 28.8 Å². The molecule has 0 spiro atoms. The van der Waals surface area contributed by atoms with Gasteiger partial charge in [-0.25, -0.2) is 0 Å². The molecule has 7 heteroatoms. The number of anilines is 1. The van der Waals surface area contributed by atoms with Crippen LogP contribution in [-0.4, -0.2) is 31.1 Å². The molecular formula is C15H18ClNO5. The molecule has 0 amide bonds. The highest BCUT2D eigenvalue weighted by Gasteiger charge is 2.12. The molecule has 0 aliphatic heterocycles. The fraction of sp³-hybridized carbons (Fsp3) is 0.400. The average molecular weight is 328 g/mol. The van der Waals surface area contributed by atoms with E-state index in [1.165, 1.54) is 6.92 Å². The van der Waals surface area contributed by atoms with Gasteiger partial charge in [0.2, 0.25) is 6.29 Å². The lowest BCUT2D eigenvalue weighted by Gasteiger charge is -2.14. The smallest absolute Gasteiger partial charge is 0.310 e. The lowest BCUT2D eigenvalue weighted by Crippen LogP contribution is -2.22. The number of hydrogen-bond donors (Lipinski definition) is 1. The van der Waals surface area contributed by atoms with Crippen LogP contribution in [-0.2, 0) is 19.1 Å². The topological polar surface area (TPSA) is 81.7 Å². The Balaban J connectivity index is 2.34. The van der Waals surface area contributed by atoms with Crippen molar-refractivity contribution < 1.29 is 23.9 Å². The minimum atomic E-state index is -0.902. The summed E-state index contributed by atoms with van der Waals surface area (Å²) in [5.74, 6) is -0.914. The first-order valence-corrected chi connectivity index (χ1v) is 7.21. The minimum absolute atomic E-state index is 0.0983. The van der Waals surface area contributed by atoms with Gasteiger partial charge in [0.15, 0.2) is 6.29 Å². The molecule has 0 radical (unpaired) electrons. The molecule has 6 nitrogen and oxygen atoms in total. The van der Waals surface area contributed by atoms with E-state index >= 15 is 0 Å². The number of esters is 2. The summed E-state index contributed by atoms with van der Waals surface area (Å²) < 4.78 is 9.75. The van der Waals surface area contributed by atoms with Crippen molar-refractivity contribution in [1.29, 1.82) is 0 Å². The molecule has 1 atom stereocenters. The molecule has 0 aromatic heterocycles. The maximum Gasteiger partial charge on any atom is 0.310 e. The zero-order valence-electron chi connectivity index (χ0n) is 12.4. The second kappa shape index (κ2) is 9.04. The van der Waals surface area contributed by atoms with Crippen LogP contribution in [0.5, 0.6) is 0 Å². The lowest BCUT2D eigenvalue weighted by molar-refractivity contribution is -0.184. The van der Waals surface area contributed by atoms with Gasteiger partial charge in [-0.05, 0) is 18.2 Å². The monoisotopic (exact) mass is 327 g/mol. The van der Waals surface area contributed by atoms with Crippen molar-refractivity contribution in [2.24, 2.45) is 0 Å². The Labute approximate surface area is 133 Å². The van der Waals surface area contributed by atoms with E-state index in [0.29, 0.717) is 29.1 Å². The van der Waals surface area contributed by atoms with E-state index in [9.17, 15) is 14.4 Å². The number of nitrogens with one attached hydrogen (secondary N) is 1. The van der Waals surface area contributed by atoms with Crippen LogP contribution < -0.4 is 5.32 Å². The maximum absolute atomic E-state index is 11.6. The third-order valence-corrected chi connectivity index (χ3v) is 3.00. The molecule has 0 fully saturated rings. The number of ether oxygens (including phenoxy) is 2. The van der Waals surface area contributed by atoms with Gasteiger partial charge >= 0.3 is 11.9 Å². The van der Waals surface area contributed by atoms with Crippen molar-refractivity contribution in [1.82, 2.24) is 0 Å². The molecular weight excluding hydrogens is 310 g/mol. The third kappa shape index (κ3) is 6.13. The van der Waals surface area contributed by atoms with Crippen molar-refractivity contribution in [2.45, 2.75) is 33.0 Å². The van der Waals surface area contributed by atoms with Gasteiger partial charge in [-0.1, -0.05) is 18.5 Å². The van der Waals surface area contributed by atoms with Crippen molar-refractivity contribution in [3.8, 4) is 0 Å². The highest BCUT2D eigenvalue weighted by molar-refractivity contribution is 6.33. The Morgan fingerprint density at radius 2 is 2.00 bits per heavy atom. The van der Waals surface area contributed by atoms with E-state index in [4.69, 9.17) is 21.1 Å². The standard InChI is InChI=1S/C15H18ClNO5/c1-3-14(19)21-10(2)22-15(20)6-7-17-12-5-4-11(9-18)13(16)8-12/h4-5,8-10,17H,3,6-7H2,1-2H3. The van der Waals surface area contributed by atoms with Gasteiger partial charge in [-0.3, -0.25) is 14.4 Å². The second-order valence-electron chi connectivity index (χ2n) is 4.43. The molecule has 0 aliphatic rings. The number of carbonyl (C=O) groups is 3. The Morgan fingerprint density at radius 1 is 1.32 bits per heavy atom. The molecule has 0 aliphatic carbocycles. The van der Waals surface area contributed by atoms with Crippen LogP contribution in [0.25, 0.3) is 0 Å². The minimum Gasteiger partial charge on any atom is -0.425 e. The van der Waals surface area contributed by atoms with Gasteiger partial charge in [-0.2, -0.15) is 0 Å². The van der Waals surface area contributed by atoms with Crippen molar-refractivity contribution in [2.75, 3.05) is 11.9 Å². The molecule has 22 heavy (non-hydrogen) atoms. The number of rotatable bonds is 8. The molecule has 0 saturated heterocycles. The first kappa shape index (κ1) is 18.0. The van der Waals surface area contributed by atoms with E-state index in [2.05, 4.69) is 5.32 Å².